The molecular weight excluding hydrogens is 182 g/mol. The minimum absolute atomic E-state index is 0.226. The Bertz CT molecular complexity index is 275. The molecule has 0 bridgehead atoms. The number of hydrogen-bond acceptors (Lipinski definition) is 5. The number of anilines is 1. The number of nitrogens with zero attached hydrogens (tertiary/aromatic N) is 2. The normalized spacial score (nSPS) is 12.9. The summed E-state index contributed by atoms with van der Waals surface area (Å²) in [7, 11) is 3.58. The van der Waals surface area contributed by atoms with Crippen LogP contribution in [0.4, 0.5) is 6.01 Å². The summed E-state index contributed by atoms with van der Waals surface area (Å²) in [6.45, 7) is 3.07. The van der Waals surface area contributed by atoms with Gasteiger partial charge in [-0.25, -0.2) is 0 Å². The Morgan fingerprint density at radius 1 is 1.71 bits per heavy atom. The van der Waals surface area contributed by atoms with Crippen LogP contribution in [0.25, 0.3) is 0 Å². The Hall–Kier alpha value is -1.07. The lowest BCUT2D eigenvalue weighted by atomic mass is 10.3. The van der Waals surface area contributed by atoms with Crippen molar-refractivity contribution >= 4 is 6.01 Å². The van der Waals surface area contributed by atoms with Gasteiger partial charge in [-0.05, 0) is 6.92 Å². The second-order valence-corrected chi connectivity index (χ2v) is 3.24. The Balaban J connectivity index is 2.63. The van der Waals surface area contributed by atoms with Crippen LogP contribution in [-0.2, 0) is 11.3 Å². The maximum Gasteiger partial charge on any atom is 0.297 e. The number of hydrogen-bond donors (Lipinski definition) is 1. The number of ether oxygens (including phenoxy) is 1. The number of oxazole rings is 1. The van der Waals surface area contributed by atoms with E-state index in [9.17, 15) is 0 Å². The summed E-state index contributed by atoms with van der Waals surface area (Å²) in [6.07, 6.45) is 1.57. The molecule has 0 spiro atoms. The van der Waals surface area contributed by atoms with Crippen molar-refractivity contribution in [2.24, 2.45) is 5.73 Å². The summed E-state index contributed by atoms with van der Waals surface area (Å²) in [5, 5.41) is 0. The third-order valence-electron chi connectivity index (χ3n) is 2.12. The van der Waals surface area contributed by atoms with Crippen LogP contribution >= 0.6 is 0 Å². The van der Waals surface area contributed by atoms with Crippen molar-refractivity contribution in [2.75, 3.05) is 25.7 Å². The fourth-order valence-corrected chi connectivity index (χ4v) is 1.09. The zero-order chi connectivity index (χ0) is 10.6. The molecule has 0 aliphatic heterocycles. The molecule has 5 nitrogen and oxygen atoms in total. The van der Waals surface area contributed by atoms with Crippen LogP contribution < -0.4 is 10.6 Å². The van der Waals surface area contributed by atoms with E-state index in [0.717, 1.165) is 5.69 Å². The van der Waals surface area contributed by atoms with Crippen molar-refractivity contribution in [3.63, 3.8) is 0 Å². The maximum atomic E-state index is 5.43. The summed E-state index contributed by atoms with van der Waals surface area (Å²) in [4.78, 5) is 6.13. The van der Waals surface area contributed by atoms with Gasteiger partial charge in [-0.3, -0.25) is 0 Å². The molecule has 14 heavy (non-hydrogen) atoms. The molecular formula is C9H17N3O2. The molecule has 0 aliphatic rings. The Kier molecular flexibility index (Phi) is 3.91. The first-order chi connectivity index (χ1) is 6.69. The van der Waals surface area contributed by atoms with E-state index in [1.54, 1.807) is 13.4 Å². The molecule has 0 fully saturated rings. The average Bonchev–Trinajstić information content (AvgIpc) is 2.65. The predicted molar refractivity (Wildman–Crippen MR) is 54.1 cm³/mol. The van der Waals surface area contributed by atoms with Gasteiger partial charge in [0.05, 0.1) is 18.3 Å². The van der Waals surface area contributed by atoms with E-state index < -0.39 is 0 Å². The highest BCUT2D eigenvalue weighted by Gasteiger charge is 2.14. The first-order valence-electron chi connectivity index (χ1n) is 4.55. The lowest BCUT2D eigenvalue weighted by molar-refractivity contribution is 0.181. The SMILES string of the molecule is COCC(C)N(C)c1nc(CN)co1. The fourth-order valence-electron chi connectivity index (χ4n) is 1.09. The smallest absolute Gasteiger partial charge is 0.297 e. The number of rotatable bonds is 5. The van der Waals surface area contributed by atoms with Gasteiger partial charge in [0, 0.05) is 20.7 Å². The largest absolute Gasteiger partial charge is 0.432 e. The van der Waals surface area contributed by atoms with Crippen LogP contribution in [0.2, 0.25) is 0 Å². The van der Waals surface area contributed by atoms with E-state index in [2.05, 4.69) is 4.98 Å². The molecule has 0 amide bonds. The first-order valence-corrected chi connectivity index (χ1v) is 4.55. The standard InChI is InChI=1S/C9H17N3O2/c1-7(5-13-3)12(2)9-11-8(4-10)6-14-9/h6-7H,4-5,10H2,1-3H3. The third-order valence-corrected chi connectivity index (χ3v) is 2.12. The molecule has 1 atom stereocenters. The Labute approximate surface area is 83.8 Å². The van der Waals surface area contributed by atoms with Gasteiger partial charge in [0.2, 0.25) is 0 Å². The van der Waals surface area contributed by atoms with E-state index in [1.165, 1.54) is 0 Å². The molecule has 1 rings (SSSR count). The first kappa shape index (κ1) is 11.0. The molecule has 0 saturated heterocycles. The Morgan fingerprint density at radius 3 is 2.93 bits per heavy atom. The van der Waals surface area contributed by atoms with Gasteiger partial charge in [0.15, 0.2) is 0 Å². The fraction of sp³-hybridized carbons (Fsp3) is 0.667. The van der Waals surface area contributed by atoms with E-state index in [1.807, 2.05) is 18.9 Å². The average molecular weight is 199 g/mol. The van der Waals surface area contributed by atoms with Crippen LogP contribution in [-0.4, -0.2) is 31.8 Å². The molecule has 0 aromatic carbocycles. The minimum Gasteiger partial charge on any atom is -0.432 e. The lowest BCUT2D eigenvalue weighted by Gasteiger charge is -2.21. The monoisotopic (exact) mass is 199 g/mol. The van der Waals surface area contributed by atoms with Crippen molar-refractivity contribution in [1.82, 2.24) is 4.98 Å². The van der Waals surface area contributed by atoms with Crippen molar-refractivity contribution in [2.45, 2.75) is 19.5 Å². The molecule has 0 saturated carbocycles. The van der Waals surface area contributed by atoms with Crippen molar-refractivity contribution < 1.29 is 9.15 Å². The zero-order valence-corrected chi connectivity index (χ0v) is 8.86. The van der Waals surface area contributed by atoms with Crippen molar-refractivity contribution in [3.8, 4) is 0 Å². The molecule has 2 N–H and O–H groups in total. The second-order valence-electron chi connectivity index (χ2n) is 3.24. The van der Waals surface area contributed by atoms with Gasteiger partial charge in [-0.15, -0.1) is 0 Å². The van der Waals surface area contributed by atoms with Crippen LogP contribution in [0.3, 0.4) is 0 Å². The summed E-state index contributed by atoms with van der Waals surface area (Å²) in [5.41, 5.74) is 6.19. The summed E-state index contributed by atoms with van der Waals surface area (Å²) in [5.74, 6) is 0. The highest BCUT2D eigenvalue weighted by molar-refractivity contribution is 5.26. The molecule has 5 heteroatoms. The van der Waals surface area contributed by atoms with Gasteiger partial charge in [-0.2, -0.15) is 4.98 Å². The maximum absolute atomic E-state index is 5.43. The minimum atomic E-state index is 0.226. The van der Waals surface area contributed by atoms with E-state index in [-0.39, 0.29) is 6.04 Å². The molecule has 80 valence electrons. The zero-order valence-electron chi connectivity index (χ0n) is 8.86. The Morgan fingerprint density at radius 2 is 2.43 bits per heavy atom. The van der Waals surface area contributed by atoms with Gasteiger partial charge >= 0.3 is 0 Å². The quantitative estimate of drug-likeness (QED) is 0.752. The van der Waals surface area contributed by atoms with Crippen LogP contribution in [0.5, 0.6) is 0 Å². The summed E-state index contributed by atoms with van der Waals surface area (Å²) < 4.78 is 10.3. The highest BCUT2D eigenvalue weighted by Crippen LogP contribution is 2.14. The van der Waals surface area contributed by atoms with Gasteiger partial charge in [0.1, 0.15) is 6.26 Å². The molecule has 0 radical (unpaired) electrons. The highest BCUT2D eigenvalue weighted by atomic mass is 16.5. The van der Waals surface area contributed by atoms with Crippen LogP contribution in [0.1, 0.15) is 12.6 Å². The number of aromatic nitrogens is 1. The molecule has 1 heterocycles. The number of likely N-dealkylation sites (N-methyl/N-ethyl adjacent to an activating group) is 1. The second kappa shape index (κ2) is 4.97. The molecule has 1 aromatic rings. The lowest BCUT2D eigenvalue weighted by Crippen LogP contribution is -2.32. The third kappa shape index (κ3) is 2.46. The topological polar surface area (TPSA) is 64.5 Å². The van der Waals surface area contributed by atoms with E-state index >= 15 is 0 Å². The van der Waals surface area contributed by atoms with Crippen molar-refractivity contribution in [3.05, 3.63) is 12.0 Å². The van der Waals surface area contributed by atoms with Crippen molar-refractivity contribution in [1.29, 1.82) is 0 Å². The molecule has 1 unspecified atom stereocenters. The van der Waals surface area contributed by atoms with Crippen LogP contribution in [0.15, 0.2) is 10.7 Å². The summed E-state index contributed by atoms with van der Waals surface area (Å²) >= 11 is 0. The van der Waals surface area contributed by atoms with Gasteiger partial charge in [-0.1, -0.05) is 0 Å². The molecule has 1 aromatic heterocycles. The van der Waals surface area contributed by atoms with E-state index in [0.29, 0.717) is 19.2 Å². The van der Waals surface area contributed by atoms with Gasteiger partial charge < -0.3 is 19.8 Å². The van der Waals surface area contributed by atoms with E-state index in [4.69, 9.17) is 14.9 Å². The van der Waals surface area contributed by atoms with Crippen LogP contribution in [0, 0.1) is 0 Å². The summed E-state index contributed by atoms with van der Waals surface area (Å²) in [6, 6.07) is 0.805. The van der Waals surface area contributed by atoms with Gasteiger partial charge in [0.25, 0.3) is 6.01 Å². The molecule has 0 aliphatic carbocycles. The number of methoxy groups -OCH3 is 1. The number of nitrogens with two attached hydrogens (primary N) is 1. The predicted octanol–water partition coefficient (Wildman–Crippen LogP) is 0.604.